The molecule has 0 saturated carbocycles. The monoisotopic (exact) mass is 252 g/mol. The quantitative estimate of drug-likeness (QED) is 0.545. The van der Waals surface area contributed by atoms with Crippen LogP contribution in [0.15, 0.2) is 23.3 Å². The minimum absolute atomic E-state index is 0.479. The van der Waals surface area contributed by atoms with Gasteiger partial charge in [-0.3, -0.25) is 0 Å². The maximum absolute atomic E-state index is 10.2. The summed E-state index contributed by atoms with van der Waals surface area (Å²) in [5.41, 5.74) is 2.36. The lowest BCUT2D eigenvalue weighted by molar-refractivity contribution is 0.0407. The molecular formula is C17H32O. The normalized spacial score (nSPS) is 15.3. The fourth-order valence-corrected chi connectivity index (χ4v) is 2.00. The van der Waals surface area contributed by atoms with Crippen LogP contribution in [0.2, 0.25) is 0 Å². The number of hydrogen-bond acceptors (Lipinski definition) is 1. The molecule has 1 unspecified atom stereocenters. The van der Waals surface area contributed by atoms with Gasteiger partial charge in [-0.2, -0.15) is 0 Å². The van der Waals surface area contributed by atoms with Crippen molar-refractivity contribution in [3.63, 3.8) is 0 Å². The second kappa shape index (κ2) is 9.38. The summed E-state index contributed by atoms with van der Waals surface area (Å²) < 4.78 is 0. The molecule has 0 radical (unpaired) electrons. The van der Waals surface area contributed by atoms with Crippen molar-refractivity contribution in [2.75, 3.05) is 0 Å². The lowest BCUT2D eigenvalue weighted by Crippen LogP contribution is -2.23. The Bertz CT molecular complexity index is 267. The van der Waals surface area contributed by atoms with Gasteiger partial charge in [-0.05, 0) is 59.8 Å². The number of rotatable bonds is 9. The molecule has 1 heteroatoms. The van der Waals surface area contributed by atoms with E-state index in [-0.39, 0.29) is 0 Å². The Balaban J connectivity index is 3.88. The summed E-state index contributed by atoms with van der Waals surface area (Å²) in [6.45, 7) is 10.6. The first kappa shape index (κ1) is 17.4. The van der Waals surface area contributed by atoms with Gasteiger partial charge >= 0.3 is 0 Å². The Morgan fingerprint density at radius 1 is 1.06 bits per heavy atom. The highest BCUT2D eigenvalue weighted by Gasteiger charge is 2.17. The maximum atomic E-state index is 10.2. The van der Waals surface area contributed by atoms with Crippen molar-refractivity contribution >= 4 is 0 Å². The van der Waals surface area contributed by atoms with E-state index in [0.717, 1.165) is 44.9 Å². The van der Waals surface area contributed by atoms with Crippen molar-refractivity contribution in [1.82, 2.24) is 0 Å². The van der Waals surface area contributed by atoms with Gasteiger partial charge < -0.3 is 5.11 Å². The number of unbranched alkanes of at least 4 members (excludes halogenated alkanes) is 1. The molecule has 0 aliphatic rings. The van der Waals surface area contributed by atoms with Crippen LogP contribution in [0, 0.1) is 0 Å². The summed E-state index contributed by atoms with van der Waals surface area (Å²) in [5, 5.41) is 10.2. The summed E-state index contributed by atoms with van der Waals surface area (Å²) >= 11 is 0. The molecular weight excluding hydrogens is 220 g/mol. The highest BCUT2D eigenvalue weighted by atomic mass is 16.3. The summed E-state index contributed by atoms with van der Waals surface area (Å²) in [6.07, 6.45) is 11.9. The summed E-state index contributed by atoms with van der Waals surface area (Å²) in [6, 6.07) is 0. The van der Waals surface area contributed by atoms with Gasteiger partial charge in [-0.1, -0.05) is 43.1 Å². The maximum Gasteiger partial charge on any atom is 0.0622 e. The lowest BCUT2D eigenvalue weighted by atomic mass is 9.93. The Morgan fingerprint density at radius 3 is 2.28 bits per heavy atom. The third kappa shape index (κ3) is 10.6. The molecule has 0 heterocycles. The molecule has 1 N–H and O–H groups in total. The molecule has 0 fully saturated rings. The standard InChI is InChI=1S/C17H32O/c1-6-7-13-17(5,18)14-9-12-16(4)11-8-10-15(2)3/h10,12,18H,6-9,11,13-14H2,1-5H3/b16-12-. The average molecular weight is 252 g/mol. The molecule has 0 aliphatic heterocycles. The molecule has 1 atom stereocenters. The number of aliphatic hydroxyl groups is 1. The predicted octanol–water partition coefficient (Wildman–Crippen LogP) is 5.40. The molecule has 106 valence electrons. The molecule has 0 saturated heterocycles. The number of hydrogen-bond donors (Lipinski definition) is 1. The average Bonchev–Trinajstić information content (AvgIpc) is 2.25. The van der Waals surface area contributed by atoms with Gasteiger partial charge in [0.15, 0.2) is 0 Å². The van der Waals surface area contributed by atoms with E-state index in [1.807, 2.05) is 6.92 Å². The van der Waals surface area contributed by atoms with Crippen molar-refractivity contribution in [3.05, 3.63) is 23.3 Å². The topological polar surface area (TPSA) is 20.2 Å². The summed E-state index contributed by atoms with van der Waals surface area (Å²) in [4.78, 5) is 0. The molecule has 0 amide bonds. The van der Waals surface area contributed by atoms with Crippen LogP contribution in [0.1, 0.15) is 79.6 Å². The van der Waals surface area contributed by atoms with Crippen molar-refractivity contribution in [3.8, 4) is 0 Å². The molecule has 0 spiro atoms. The van der Waals surface area contributed by atoms with Crippen LogP contribution in [-0.4, -0.2) is 10.7 Å². The zero-order valence-corrected chi connectivity index (χ0v) is 13.1. The van der Waals surface area contributed by atoms with E-state index in [1.54, 1.807) is 0 Å². The first-order chi connectivity index (χ1) is 8.37. The van der Waals surface area contributed by atoms with Crippen LogP contribution in [0.3, 0.4) is 0 Å². The minimum Gasteiger partial charge on any atom is -0.390 e. The van der Waals surface area contributed by atoms with Crippen LogP contribution in [0.4, 0.5) is 0 Å². The zero-order valence-electron chi connectivity index (χ0n) is 13.1. The third-order valence-corrected chi connectivity index (χ3v) is 3.34. The molecule has 18 heavy (non-hydrogen) atoms. The van der Waals surface area contributed by atoms with Crippen LogP contribution in [-0.2, 0) is 0 Å². The molecule has 0 rings (SSSR count). The fraction of sp³-hybridized carbons (Fsp3) is 0.765. The zero-order chi connectivity index (χ0) is 14.0. The third-order valence-electron chi connectivity index (χ3n) is 3.34. The molecule has 0 aromatic carbocycles. The van der Waals surface area contributed by atoms with Crippen LogP contribution in [0.25, 0.3) is 0 Å². The van der Waals surface area contributed by atoms with Crippen molar-refractivity contribution in [2.45, 2.75) is 85.2 Å². The molecule has 0 aliphatic carbocycles. The smallest absolute Gasteiger partial charge is 0.0622 e. The Hall–Kier alpha value is -0.560. The predicted molar refractivity (Wildman–Crippen MR) is 81.8 cm³/mol. The molecule has 1 nitrogen and oxygen atoms in total. The molecule has 0 aromatic heterocycles. The van der Waals surface area contributed by atoms with E-state index < -0.39 is 5.60 Å². The molecule has 0 aromatic rings. The fourth-order valence-electron chi connectivity index (χ4n) is 2.00. The van der Waals surface area contributed by atoms with E-state index >= 15 is 0 Å². The van der Waals surface area contributed by atoms with E-state index in [9.17, 15) is 5.11 Å². The van der Waals surface area contributed by atoms with Gasteiger partial charge in [0.1, 0.15) is 0 Å². The Kier molecular flexibility index (Phi) is 9.09. The van der Waals surface area contributed by atoms with Crippen molar-refractivity contribution in [2.24, 2.45) is 0 Å². The second-order valence-corrected chi connectivity index (χ2v) is 6.01. The van der Waals surface area contributed by atoms with Gasteiger partial charge in [0, 0.05) is 0 Å². The van der Waals surface area contributed by atoms with Gasteiger partial charge in [-0.15, -0.1) is 0 Å². The van der Waals surface area contributed by atoms with Gasteiger partial charge in [-0.25, -0.2) is 0 Å². The highest BCUT2D eigenvalue weighted by Crippen LogP contribution is 2.20. The van der Waals surface area contributed by atoms with Gasteiger partial charge in [0.25, 0.3) is 0 Å². The van der Waals surface area contributed by atoms with Crippen LogP contribution >= 0.6 is 0 Å². The van der Waals surface area contributed by atoms with E-state index in [4.69, 9.17) is 0 Å². The lowest BCUT2D eigenvalue weighted by Gasteiger charge is -2.22. The van der Waals surface area contributed by atoms with Crippen LogP contribution in [0.5, 0.6) is 0 Å². The van der Waals surface area contributed by atoms with E-state index in [0.29, 0.717) is 0 Å². The SMILES string of the molecule is CCCCC(C)(O)CC/C=C(/C)CCC=C(C)C. The summed E-state index contributed by atoms with van der Waals surface area (Å²) in [7, 11) is 0. The second-order valence-electron chi connectivity index (χ2n) is 6.01. The van der Waals surface area contributed by atoms with Crippen LogP contribution < -0.4 is 0 Å². The first-order valence-electron chi connectivity index (χ1n) is 7.39. The van der Waals surface area contributed by atoms with Gasteiger partial charge in [0.05, 0.1) is 5.60 Å². The Labute approximate surface area is 114 Å². The van der Waals surface area contributed by atoms with Crippen molar-refractivity contribution in [1.29, 1.82) is 0 Å². The first-order valence-corrected chi connectivity index (χ1v) is 7.39. The van der Waals surface area contributed by atoms with E-state index in [2.05, 4.69) is 39.8 Å². The molecule has 0 bridgehead atoms. The Morgan fingerprint density at radius 2 is 1.72 bits per heavy atom. The minimum atomic E-state index is -0.479. The number of allylic oxidation sites excluding steroid dienone is 4. The van der Waals surface area contributed by atoms with Gasteiger partial charge in [0.2, 0.25) is 0 Å². The largest absolute Gasteiger partial charge is 0.390 e. The van der Waals surface area contributed by atoms with E-state index in [1.165, 1.54) is 11.1 Å². The van der Waals surface area contributed by atoms with Crippen molar-refractivity contribution < 1.29 is 5.11 Å². The summed E-state index contributed by atoms with van der Waals surface area (Å²) in [5.74, 6) is 0. The highest BCUT2D eigenvalue weighted by molar-refractivity contribution is 5.02.